The number of rotatable bonds is 4. The normalized spacial score (nSPS) is 25.8. The summed E-state index contributed by atoms with van der Waals surface area (Å²) < 4.78 is 0. The smallest absolute Gasteiger partial charge is 0.230 e. The maximum atomic E-state index is 12.4. The average molecular weight is 455 g/mol. The van der Waals surface area contributed by atoms with E-state index in [0.717, 1.165) is 34.9 Å². The number of nitrogens with zero attached hydrogens (tertiary/aromatic N) is 4. The number of aliphatic hydroxyl groups is 1. The number of pyridine rings is 3. The molecule has 0 aromatic carbocycles. The number of fused-ring (bicyclic) bond motifs is 2. The first-order valence-corrected chi connectivity index (χ1v) is 12.0. The Morgan fingerprint density at radius 3 is 2.79 bits per heavy atom. The van der Waals surface area contributed by atoms with Gasteiger partial charge < -0.3 is 16.2 Å². The predicted molar refractivity (Wildman–Crippen MR) is 127 cm³/mol. The van der Waals surface area contributed by atoms with Crippen molar-refractivity contribution >= 4 is 28.3 Å². The maximum Gasteiger partial charge on any atom is 0.230 e. The van der Waals surface area contributed by atoms with Crippen molar-refractivity contribution in [3.63, 3.8) is 0 Å². The Labute approximate surface area is 197 Å². The van der Waals surface area contributed by atoms with E-state index >= 15 is 0 Å². The molecule has 0 bridgehead atoms. The van der Waals surface area contributed by atoms with E-state index < -0.39 is 6.10 Å². The highest BCUT2D eigenvalue weighted by atomic mass is 16.3. The van der Waals surface area contributed by atoms with Crippen LogP contribution in [-0.2, 0) is 11.2 Å². The van der Waals surface area contributed by atoms with Gasteiger partial charge in [0.15, 0.2) is 0 Å². The van der Waals surface area contributed by atoms with Crippen LogP contribution in [0.2, 0.25) is 0 Å². The predicted octanol–water partition coefficient (Wildman–Crippen LogP) is 3.77. The summed E-state index contributed by atoms with van der Waals surface area (Å²) in [4.78, 5) is 25.7. The Bertz CT molecular complexity index is 1350. The van der Waals surface area contributed by atoms with Crippen molar-refractivity contribution in [2.24, 2.45) is 23.7 Å². The zero-order valence-electron chi connectivity index (χ0n) is 18.7. The number of nitrogen functional groups attached to an aromatic ring is 1. The zero-order valence-corrected chi connectivity index (χ0v) is 18.7. The second-order valence-corrected chi connectivity index (χ2v) is 9.84. The first-order chi connectivity index (χ1) is 16.5. The van der Waals surface area contributed by atoms with Crippen molar-refractivity contribution in [2.45, 2.75) is 44.6 Å². The average Bonchev–Trinajstić information content (AvgIpc) is 3.59. The first-order valence-electron chi connectivity index (χ1n) is 12.0. The van der Waals surface area contributed by atoms with Gasteiger partial charge in [-0.3, -0.25) is 9.78 Å². The summed E-state index contributed by atoms with van der Waals surface area (Å²) in [6.07, 6.45) is 10.8. The highest BCUT2D eigenvalue weighted by Gasteiger charge is 2.43. The lowest BCUT2D eigenvalue weighted by Gasteiger charge is -2.40. The molecular weight excluding hydrogens is 428 g/mol. The molecule has 4 atom stereocenters. The topological polar surface area (TPSA) is 138 Å². The number of carbonyl (C=O) groups excluding carboxylic acids is 1. The summed E-state index contributed by atoms with van der Waals surface area (Å²) >= 11 is 0. The van der Waals surface area contributed by atoms with Crippen molar-refractivity contribution < 1.29 is 9.90 Å². The number of nitriles is 1. The van der Waals surface area contributed by atoms with Crippen molar-refractivity contribution in [3.05, 3.63) is 41.9 Å². The summed E-state index contributed by atoms with van der Waals surface area (Å²) in [6.45, 7) is 0. The lowest BCUT2D eigenvalue weighted by Crippen LogP contribution is -2.31. The van der Waals surface area contributed by atoms with Crippen molar-refractivity contribution in [2.75, 3.05) is 11.1 Å². The molecule has 8 heteroatoms. The number of nitrogens with one attached hydrogen (secondary N) is 1. The van der Waals surface area contributed by atoms with Crippen LogP contribution in [0.25, 0.3) is 22.0 Å². The lowest BCUT2D eigenvalue weighted by atomic mass is 9.67. The van der Waals surface area contributed by atoms with Crippen LogP contribution >= 0.6 is 0 Å². The third kappa shape index (κ3) is 3.48. The number of carbonyl (C=O) groups is 1. The Kier molecular flexibility index (Phi) is 4.96. The fraction of sp³-hybridized carbons (Fsp3) is 0.423. The minimum absolute atomic E-state index is 0.183. The Morgan fingerprint density at radius 1 is 1.21 bits per heavy atom. The molecule has 3 aliphatic rings. The van der Waals surface area contributed by atoms with Crippen LogP contribution in [-0.4, -0.2) is 26.0 Å². The molecule has 0 spiro atoms. The van der Waals surface area contributed by atoms with Gasteiger partial charge in [0, 0.05) is 35.1 Å². The molecule has 3 aromatic rings. The van der Waals surface area contributed by atoms with Gasteiger partial charge in [-0.2, -0.15) is 5.26 Å². The van der Waals surface area contributed by atoms with Crippen LogP contribution in [0.3, 0.4) is 0 Å². The van der Waals surface area contributed by atoms with E-state index in [1.165, 1.54) is 19.3 Å². The van der Waals surface area contributed by atoms with Crippen LogP contribution in [0.5, 0.6) is 0 Å². The van der Waals surface area contributed by atoms with E-state index in [1.54, 1.807) is 24.7 Å². The van der Waals surface area contributed by atoms with E-state index in [1.807, 2.05) is 6.07 Å². The van der Waals surface area contributed by atoms with E-state index in [9.17, 15) is 9.90 Å². The molecule has 4 N–H and O–H groups in total. The van der Waals surface area contributed by atoms with Crippen molar-refractivity contribution in [3.8, 4) is 17.3 Å². The molecule has 34 heavy (non-hydrogen) atoms. The number of amides is 1. The fourth-order valence-corrected chi connectivity index (χ4v) is 5.55. The number of aromatic nitrogens is 3. The Hall–Kier alpha value is -3.57. The molecule has 1 amide bonds. The molecule has 0 saturated heterocycles. The second-order valence-electron chi connectivity index (χ2n) is 9.84. The molecule has 3 aromatic heterocycles. The van der Waals surface area contributed by atoms with Crippen LogP contribution < -0.4 is 11.1 Å². The molecule has 172 valence electrons. The summed E-state index contributed by atoms with van der Waals surface area (Å²) in [5.41, 5.74) is 9.85. The van der Waals surface area contributed by atoms with Gasteiger partial charge in [-0.05, 0) is 54.2 Å². The molecule has 2 saturated carbocycles. The monoisotopic (exact) mass is 454 g/mol. The van der Waals surface area contributed by atoms with Gasteiger partial charge in [0.05, 0.1) is 29.7 Å². The van der Waals surface area contributed by atoms with Gasteiger partial charge in [-0.25, -0.2) is 9.97 Å². The number of nitrogens with two attached hydrogens (primary N) is 1. The minimum Gasteiger partial charge on any atom is -0.388 e. The molecule has 6 rings (SSSR count). The molecular formula is C26H26N6O2. The number of hydrogen-bond acceptors (Lipinski definition) is 7. The summed E-state index contributed by atoms with van der Waals surface area (Å²) in [5, 5.41) is 24.4. The second kappa shape index (κ2) is 8.03. The Balaban J connectivity index is 1.34. The third-order valence-corrected chi connectivity index (χ3v) is 7.86. The van der Waals surface area contributed by atoms with Gasteiger partial charge in [0.1, 0.15) is 11.6 Å². The zero-order chi connectivity index (χ0) is 23.4. The van der Waals surface area contributed by atoms with Gasteiger partial charge in [-0.15, -0.1) is 0 Å². The largest absolute Gasteiger partial charge is 0.388 e. The van der Waals surface area contributed by atoms with Crippen LogP contribution in [0.4, 0.5) is 11.6 Å². The summed E-state index contributed by atoms with van der Waals surface area (Å²) in [6, 6.07) is 5.84. The fourth-order valence-electron chi connectivity index (χ4n) is 5.55. The maximum absolute atomic E-state index is 12.4. The lowest BCUT2D eigenvalue weighted by molar-refractivity contribution is -0.117. The first kappa shape index (κ1) is 21.0. The summed E-state index contributed by atoms with van der Waals surface area (Å²) in [5.74, 6) is 1.03. The molecule has 3 heterocycles. The van der Waals surface area contributed by atoms with Crippen LogP contribution in [0.1, 0.15) is 49.3 Å². The SMILES string of the molecule is N#C[C@@H]1C[C@H]1C(=O)Nc1cc2cc(-c3cncc4c3CCC(C3CCC3)C4O)nc(N)c2cn1. The van der Waals surface area contributed by atoms with Crippen molar-refractivity contribution in [1.29, 1.82) is 5.26 Å². The molecule has 8 nitrogen and oxygen atoms in total. The van der Waals surface area contributed by atoms with E-state index in [0.29, 0.717) is 41.0 Å². The molecule has 2 fully saturated rings. The van der Waals surface area contributed by atoms with Crippen molar-refractivity contribution in [1.82, 2.24) is 15.0 Å². The molecule has 0 radical (unpaired) electrons. The number of hydrogen-bond donors (Lipinski definition) is 3. The van der Waals surface area contributed by atoms with E-state index in [4.69, 9.17) is 11.0 Å². The summed E-state index contributed by atoms with van der Waals surface area (Å²) in [7, 11) is 0. The highest BCUT2D eigenvalue weighted by Crippen LogP contribution is 2.47. The van der Waals surface area contributed by atoms with Gasteiger partial charge >= 0.3 is 0 Å². The number of aliphatic hydroxyl groups excluding tert-OH is 1. The molecule has 3 aliphatic carbocycles. The minimum atomic E-state index is -0.495. The van der Waals surface area contributed by atoms with E-state index in [-0.39, 0.29) is 17.7 Å². The van der Waals surface area contributed by atoms with Gasteiger partial charge in [-0.1, -0.05) is 19.3 Å². The molecule has 0 aliphatic heterocycles. The highest BCUT2D eigenvalue weighted by molar-refractivity contribution is 5.98. The van der Waals surface area contributed by atoms with Gasteiger partial charge in [0.2, 0.25) is 5.91 Å². The van der Waals surface area contributed by atoms with Crippen LogP contribution in [0, 0.1) is 35.0 Å². The van der Waals surface area contributed by atoms with E-state index in [2.05, 4.69) is 26.3 Å². The Morgan fingerprint density at radius 2 is 2.06 bits per heavy atom. The third-order valence-electron chi connectivity index (χ3n) is 7.86. The van der Waals surface area contributed by atoms with Crippen LogP contribution in [0.15, 0.2) is 30.7 Å². The molecule has 2 unspecified atom stereocenters. The standard InChI is InChI=1S/C26H26N6O2/c27-9-15-6-18(15)26(34)32-23-8-14-7-22(31-25(28)19(14)12-30-23)20-10-29-11-21-17(20)5-4-16(24(21)33)13-2-1-3-13/h7-8,10-13,15-16,18,24,33H,1-6H2,(H2,28,31)(H,30,32,34)/t15-,16?,18+,24?/m0/s1. The quantitative estimate of drug-likeness (QED) is 0.545. The van der Waals surface area contributed by atoms with Gasteiger partial charge in [0.25, 0.3) is 0 Å². The number of anilines is 2.